The minimum Gasteiger partial charge on any atom is -0.492 e. The van der Waals surface area contributed by atoms with Crippen LogP contribution < -0.4 is 15.4 Å². The first kappa shape index (κ1) is 22.7. The molecule has 2 aromatic heterocycles. The lowest BCUT2D eigenvalue weighted by Gasteiger charge is -2.23. The predicted octanol–water partition coefficient (Wildman–Crippen LogP) is 4.77. The Morgan fingerprint density at radius 1 is 1.27 bits per heavy atom. The fourth-order valence-corrected chi connectivity index (χ4v) is 4.06. The number of amides is 1. The zero-order valence-electron chi connectivity index (χ0n) is 18.0. The highest BCUT2D eigenvalue weighted by Crippen LogP contribution is 2.44. The van der Waals surface area contributed by atoms with E-state index < -0.39 is 12.2 Å². The third-order valence-corrected chi connectivity index (χ3v) is 5.63. The largest absolute Gasteiger partial charge is 0.492 e. The van der Waals surface area contributed by atoms with Crippen LogP contribution in [0.1, 0.15) is 40.4 Å². The molecule has 0 saturated heterocycles. The maximum Gasteiger partial charge on any atom is 0.265 e. The molecule has 0 aliphatic carbocycles. The summed E-state index contributed by atoms with van der Waals surface area (Å²) in [6.07, 6.45) is 0.304. The van der Waals surface area contributed by atoms with Crippen LogP contribution in [0.25, 0.3) is 11.3 Å². The summed E-state index contributed by atoms with van der Waals surface area (Å²) in [5.41, 5.74) is 1.55. The molecule has 0 fully saturated rings. The summed E-state index contributed by atoms with van der Waals surface area (Å²) in [6.45, 7) is 0.822. The summed E-state index contributed by atoms with van der Waals surface area (Å²) >= 11 is 0. The molecule has 7 nitrogen and oxygen atoms in total. The minimum atomic E-state index is -2.79. The molecule has 0 radical (unpaired) electrons. The number of H-pyrrole nitrogens is 1. The van der Waals surface area contributed by atoms with E-state index in [9.17, 15) is 18.0 Å². The number of carbonyl (C=O) groups excluding carboxylic acids is 1. The Morgan fingerprint density at radius 2 is 2.09 bits per heavy atom. The first-order valence-corrected chi connectivity index (χ1v) is 10.3. The van der Waals surface area contributed by atoms with Crippen molar-refractivity contribution in [3.8, 4) is 17.0 Å². The first-order valence-electron chi connectivity index (χ1n) is 10.3. The molecule has 0 spiro atoms. The smallest absolute Gasteiger partial charge is 0.265 e. The van der Waals surface area contributed by atoms with Crippen molar-refractivity contribution in [2.75, 3.05) is 32.7 Å². The summed E-state index contributed by atoms with van der Waals surface area (Å²) in [7, 11) is 2.90. The van der Waals surface area contributed by atoms with E-state index in [4.69, 9.17) is 9.47 Å². The topological polar surface area (TPSA) is 88.3 Å². The van der Waals surface area contributed by atoms with Gasteiger partial charge in [-0.2, -0.15) is 0 Å². The number of methoxy groups -OCH3 is 2. The fraction of sp³-hybridized carbons (Fsp3) is 0.304. The molecule has 33 heavy (non-hydrogen) atoms. The van der Waals surface area contributed by atoms with Crippen LogP contribution in [0.5, 0.6) is 5.75 Å². The number of carbonyl (C=O) groups is 1. The van der Waals surface area contributed by atoms with Gasteiger partial charge in [0.15, 0.2) is 11.6 Å². The Morgan fingerprint density at radius 3 is 2.82 bits per heavy atom. The molecule has 3 N–H and O–H groups in total. The van der Waals surface area contributed by atoms with Crippen LogP contribution in [-0.4, -0.2) is 43.2 Å². The van der Waals surface area contributed by atoms with E-state index in [1.807, 2.05) is 0 Å². The van der Waals surface area contributed by atoms with Crippen molar-refractivity contribution in [2.45, 2.75) is 18.8 Å². The van der Waals surface area contributed by atoms with Gasteiger partial charge in [0.1, 0.15) is 0 Å². The molecular formula is C23H23F3N4O3. The van der Waals surface area contributed by atoms with Crippen LogP contribution in [0, 0.1) is 5.82 Å². The lowest BCUT2D eigenvalue weighted by molar-refractivity contribution is 0.0935. The molecule has 0 bridgehead atoms. The van der Waals surface area contributed by atoms with Crippen LogP contribution in [-0.2, 0) is 4.74 Å². The average Bonchev–Trinajstić information content (AvgIpc) is 3.19. The van der Waals surface area contributed by atoms with Crippen molar-refractivity contribution < 1.29 is 27.4 Å². The number of ether oxygens (including phenoxy) is 2. The van der Waals surface area contributed by atoms with Gasteiger partial charge in [0, 0.05) is 55.4 Å². The van der Waals surface area contributed by atoms with Gasteiger partial charge in [0.2, 0.25) is 0 Å². The Balaban J connectivity index is 1.94. The molecule has 3 heterocycles. The first-order chi connectivity index (χ1) is 16.0. The van der Waals surface area contributed by atoms with Gasteiger partial charge in [-0.25, -0.2) is 13.2 Å². The van der Waals surface area contributed by atoms with Gasteiger partial charge < -0.3 is 25.1 Å². The summed E-state index contributed by atoms with van der Waals surface area (Å²) in [4.78, 5) is 20.0. The minimum absolute atomic E-state index is 0.0608. The third kappa shape index (κ3) is 4.25. The normalized spacial score (nSPS) is 15.3. The summed E-state index contributed by atoms with van der Waals surface area (Å²) in [6, 6.07) is 5.75. The highest BCUT2D eigenvalue weighted by atomic mass is 19.3. The molecular weight excluding hydrogens is 437 g/mol. The van der Waals surface area contributed by atoms with Crippen LogP contribution in [0.4, 0.5) is 24.5 Å². The van der Waals surface area contributed by atoms with Gasteiger partial charge in [-0.1, -0.05) is 6.07 Å². The Kier molecular flexibility index (Phi) is 6.55. The van der Waals surface area contributed by atoms with E-state index in [2.05, 4.69) is 20.6 Å². The number of pyridine rings is 1. The summed E-state index contributed by atoms with van der Waals surface area (Å²) < 4.78 is 52.3. The van der Waals surface area contributed by atoms with Gasteiger partial charge in [-0.05, 0) is 24.6 Å². The number of hydrogen-bond donors (Lipinski definition) is 3. The highest BCUT2D eigenvalue weighted by molar-refractivity contribution is 6.06. The lowest BCUT2D eigenvalue weighted by atomic mass is 9.93. The van der Waals surface area contributed by atoms with E-state index >= 15 is 0 Å². The molecule has 10 heteroatoms. The summed E-state index contributed by atoms with van der Waals surface area (Å²) in [5, 5.41) is 5.90. The number of alkyl halides is 2. The molecule has 1 atom stereocenters. The second-order valence-electron chi connectivity index (χ2n) is 7.56. The average molecular weight is 460 g/mol. The molecule has 4 rings (SSSR count). The monoisotopic (exact) mass is 460 g/mol. The Bertz CT molecular complexity index is 1170. The van der Waals surface area contributed by atoms with Crippen LogP contribution in [0.3, 0.4) is 0 Å². The van der Waals surface area contributed by atoms with Crippen molar-refractivity contribution in [2.24, 2.45) is 0 Å². The zero-order chi connectivity index (χ0) is 23.5. The van der Waals surface area contributed by atoms with Gasteiger partial charge >= 0.3 is 0 Å². The maximum absolute atomic E-state index is 14.3. The quantitative estimate of drug-likeness (QED) is 0.451. The van der Waals surface area contributed by atoms with Crippen molar-refractivity contribution in [3.05, 3.63) is 59.3 Å². The second kappa shape index (κ2) is 9.53. The van der Waals surface area contributed by atoms with E-state index in [-0.39, 0.29) is 51.3 Å². The van der Waals surface area contributed by atoms with Crippen LogP contribution >= 0.6 is 0 Å². The van der Waals surface area contributed by atoms with Gasteiger partial charge in [-0.3, -0.25) is 9.78 Å². The van der Waals surface area contributed by atoms with Gasteiger partial charge in [0.05, 0.1) is 29.7 Å². The SMILES string of the molecule is COCC[C@H]1CNC(=O)c2c1[nH]c(-c1ccncc1C(F)F)c2Nc1cccc(F)c1OC. The number of aromatic amines is 1. The molecule has 1 aromatic carbocycles. The third-order valence-electron chi connectivity index (χ3n) is 5.63. The number of hydrogen-bond acceptors (Lipinski definition) is 5. The van der Waals surface area contributed by atoms with Gasteiger partial charge in [-0.15, -0.1) is 0 Å². The molecule has 1 amide bonds. The number of nitrogens with zero attached hydrogens (tertiary/aromatic N) is 1. The van der Waals surface area contributed by atoms with Crippen LogP contribution in [0.2, 0.25) is 0 Å². The molecule has 0 unspecified atom stereocenters. The standard InChI is InChI=1S/C23H23F3N4O3/c1-32-9-7-12-10-28-23(31)17-18(12)30-19(13-6-8-27-11-14(13)22(25)26)20(17)29-16-5-3-4-15(24)21(16)33-2/h3-6,8,11-12,22,29-30H,7,9-10H2,1-2H3,(H,28,31)/t12-/m0/s1. The number of fused-ring (bicyclic) bond motifs is 1. The van der Waals surface area contributed by atoms with E-state index in [0.717, 1.165) is 6.20 Å². The number of anilines is 2. The number of para-hydroxylation sites is 1. The number of benzene rings is 1. The van der Waals surface area contributed by atoms with Gasteiger partial charge in [0.25, 0.3) is 12.3 Å². The maximum atomic E-state index is 14.3. The molecule has 1 aliphatic rings. The Hall–Kier alpha value is -3.53. The Labute approximate surface area is 188 Å². The van der Waals surface area contributed by atoms with Crippen molar-refractivity contribution in [1.82, 2.24) is 15.3 Å². The number of halogens is 3. The number of rotatable bonds is 8. The molecule has 1 aliphatic heterocycles. The number of aromatic nitrogens is 2. The van der Waals surface area contributed by atoms with E-state index in [1.165, 1.54) is 31.5 Å². The second-order valence-corrected chi connectivity index (χ2v) is 7.56. The highest BCUT2D eigenvalue weighted by Gasteiger charge is 2.34. The van der Waals surface area contributed by atoms with Crippen LogP contribution in [0.15, 0.2) is 36.7 Å². The van der Waals surface area contributed by atoms with E-state index in [1.54, 1.807) is 13.2 Å². The molecule has 3 aromatic rings. The van der Waals surface area contributed by atoms with Crippen molar-refractivity contribution in [3.63, 3.8) is 0 Å². The molecule has 0 saturated carbocycles. The van der Waals surface area contributed by atoms with Crippen molar-refractivity contribution in [1.29, 1.82) is 0 Å². The van der Waals surface area contributed by atoms with Crippen molar-refractivity contribution >= 4 is 17.3 Å². The fourth-order valence-electron chi connectivity index (χ4n) is 4.06. The summed E-state index contributed by atoms with van der Waals surface area (Å²) in [5.74, 6) is -1.16. The zero-order valence-corrected chi connectivity index (χ0v) is 18.0. The predicted molar refractivity (Wildman–Crippen MR) is 117 cm³/mol. The van der Waals surface area contributed by atoms with E-state index in [0.29, 0.717) is 25.3 Å². The number of nitrogens with one attached hydrogen (secondary N) is 3. The molecule has 174 valence electrons. The lowest BCUT2D eigenvalue weighted by Crippen LogP contribution is -2.35.